The molecule has 8 heteroatoms. The molecule has 0 atom stereocenters. The standard InChI is InChI=1S/C15H17F6NO/c1-13(2,3)8-22(9-14(16,17)18)12(23)10-6-4-5-7-11(10)15(19,20)21/h4-7H,8-9H2,1-3H3. The molecule has 1 amide bonds. The molecule has 0 unspecified atom stereocenters. The predicted molar refractivity (Wildman–Crippen MR) is 72.9 cm³/mol. The summed E-state index contributed by atoms with van der Waals surface area (Å²) in [5.41, 5.74) is -2.73. The van der Waals surface area contributed by atoms with Gasteiger partial charge in [-0.2, -0.15) is 26.3 Å². The van der Waals surface area contributed by atoms with Gasteiger partial charge in [-0.1, -0.05) is 32.9 Å². The van der Waals surface area contributed by atoms with E-state index in [-0.39, 0.29) is 6.54 Å². The Hall–Kier alpha value is -1.73. The molecule has 0 radical (unpaired) electrons. The van der Waals surface area contributed by atoms with Gasteiger partial charge in [0.1, 0.15) is 6.54 Å². The number of hydrogen-bond donors (Lipinski definition) is 0. The summed E-state index contributed by atoms with van der Waals surface area (Å²) in [6.45, 7) is 2.87. The molecule has 0 aliphatic carbocycles. The van der Waals surface area contributed by atoms with Crippen molar-refractivity contribution in [1.29, 1.82) is 0 Å². The zero-order valence-electron chi connectivity index (χ0n) is 12.8. The maximum absolute atomic E-state index is 13.0. The van der Waals surface area contributed by atoms with Crippen molar-refractivity contribution in [2.45, 2.75) is 33.1 Å². The fourth-order valence-electron chi connectivity index (χ4n) is 2.08. The van der Waals surface area contributed by atoms with Gasteiger partial charge in [0.25, 0.3) is 5.91 Å². The average molecular weight is 341 g/mol. The normalized spacial score (nSPS) is 13.1. The highest BCUT2D eigenvalue weighted by molar-refractivity contribution is 5.96. The molecule has 0 saturated heterocycles. The van der Waals surface area contributed by atoms with E-state index in [1.807, 2.05) is 0 Å². The van der Waals surface area contributed by atoms with Gasteiger partial charge in [0.05, 0.1) is 11.1 Å². The van der Waals surface area contributed by atoms with Crippen LogP contribution in [0.1, 0.15) is 36.7 Å². The number of rotatable bonds is 3. The van der Waals surface area contributed by atoms with Gasteiger partial charge in [0, 0.05) is 6.54 Å². The largest absolute Gasteiger partial charge is 0.417 e. The number of halogens is 6. The summed E-state index contributed by atoms with van der Waals surface area (Å²) in [7, 11) is 0. The van der Waals surface area contributed by atoms with E-state index in [2.05, 4.69) is 0 Å². The summed E-state index contributed by atoms with van der Waals surface area (Å²) in [4.78, 5) is 12.7. The maximum Gasteiger partial charge on any atom is 0.417 e. The number of hydrogen-bond acceptors (Lipinski definition) is 1. The molecule has 0 aliphatic heterocycles. The number of alkyl halides is 6. The number of amides is 1. The Morgan fingerprint density at radius 2 is 1.48 bits per heavy atom. The minimum Gasteiger partial charge on any atom is -0.329 e. The smallest absolute Gasteiger partial charge is 0.329 e. The lowest BCUT2D eigenvalue weighted by Gasteiger charge is -2.31. The van der Waals surface area contributed by atoms with Gasteiger partial charge in [-0.3, -0.25) is 4.79 Å². The Kier molecular flexibility index (Phi) is 5.38. The molecule has 130 valence electrons. The third-order valence-electron chi connectivity index (χ3n) is 2.79. The van der Waals surface area contributed by atoms with Gasteiger partial charge >= 0.3 is 12.4 Å². The highest BCUT2D eigenvalue weighted by Crippen LogP contribution is 2.33. The topological polar surface area (TPSA) is 20.3 Å². The first kappa shape index (κ1) is 19.3. The fraction of sp³-hybridized carbons (Fsp3) is 0.533. The van der Waals surface area contributed by atoms with E-state index in [0.29, 0.717) is 11.0 Å². The van der Waals surface area contributed by atoms with Crippen LogP contribution in [0.15, 0.2) is 24.3 Å². The van der Waals surface area contributed by atoms with Gasteiger partial charge < -0.3 is 4.90 Å². The van der Waals surface area contributed by atoms with Gasteiger partial charge in [-0.25, -0.2) is 0 Å². The molecule has 1 rings (SSSR count). The molecular weight excluding hydrogens is 324 g/mol. The Bertz CT molecular complexity index is 540. The molecule has 0 fully saturated rings. The Balaban J connectivity index is 3.25. The van der Waals surface area contributed by atoms with Crippen molar-refractivity contribution in [3.63, 3.8) is 0 Å². The molecule has 0 bridgehead atoms. The Morgan fingerprint density at radius 3 is 1.91 bits per heavy atom. The van der Waals surface area contributed by atoms with Crippen LogP contribution in [0.2, 0.25) is 0 Å². The summed E-state index contributed by atoms with van der Waals surface area (Å²) >= 11 is 0. The van der Waals surface area contributed by atoms with E-state index in [0.717, 1.165) is 12.1 Å². The number of carbonyl (C=O) groups excluding carboxylic acids is 1. The Labute approximate surface area is 130 Å². The lowest BCUT2D eigenvalue weighted by Crippen LogP contribution is -2.44. The maximum atomic E-state index is 13.0. The van der Waals surface area contributed by atoms with Crippen molar-refractivity contribution in [3.8, 4) is 0 Å². The molecule has 0 aromatic heterocycles. The van der Waals surface area contributed by atoms with Crippen LogP contribution < -0.4 is 0 Å². The molecule has 2 nitrogen and oxygen atoms in total. The second kappa shape index (κ2) is 6.41. The van der Waals surface area contributed by atoms with Crippen molar-refractivity contribution >= 4 is 5.91 Å². The average Bonchev–Trinajstić information content (AvgIpc) is 2.32. The van der Waals surface area contributed by atoms with Crippen LogP contribution >= 0.6 is 0 Å². The summed E-state index contributed by atoms with van der Waals surface area (Å²) in [6.07, 6.45) is -9.52. The zero-order chi connectivity index (χ0) is 18.1. The summed E-state index contributed by atoms with van der Waals surface area (Å²) in [5, 5.41) is 0. The van der Waals surface area contributed by atoms with Crippen LogP contribution in [0, 0.1) is 5.41 Å². The van der Waals surface area contributed by atoms with E-state index in [9.17, 15) is 31.1 Å². The lowest BCUT2D eigenvalue weighted by molar-refractivity contribution is -0.143. The first-order valence-corrected chi connectivity index (χ1v) is 6.73. The summed E-state index contributed by atoms with van der Waals surface area (Å²) < 4.78 is 76.9. The first-order valence-electron chi connectivity index (χ1n) is 6.73. The molecule has 0 heterocycles. The highest BCUT2D eigenvalue weighted by Gasteiger charge is 2.39. The van der Waals surface area contributed by atoms with E-state index >= 15 is 0 Å². The molecule has 0 spiro atoms. The van der Waals surface area contributed by atoms with Crippen LogP contribution in [0.3, 0.4) is 0 Å². The zero-order valence-corrected chi connectivity index (χ0v) is 12.8. The quantitative estimate of drug-likeness (QED) is 0.726. The van der Waals surface area contributed by atoms with Gasteiger partial charge in [-0.15, -0.1) is 0 Å². The molecule has 1 aromatic carbocycles. The minimum absolute atomic E-state index is 0.322. The van der Waals surface area contributed by atoms with Crippen LogP contribution in [0.5, 0.6) is 0 Å². The van der Waals surface area contributed by atoms with Gasteiger partial charge in [0.2, 0.25) is 0 Å². The van der Waals surface area contributed by atoms with Crippen molar-refractivity contribution < 1.29 is 31.1 Å². The van der Waals surface area contributed by atoms with E-state index in [1.165, 1.54) is 6.07 Å². The van der Waals surface area contributed by atoms with E-state index < -0.39 is 41.3 Å². The summed E-state index contributed by atoms with van der Waals surface area (Å²) in [5.74, 6) is -1.29. The monoisotopic (exact) mass is 341 g/mol. The first-order chi connectivity index (χ1) is 10.2. The second-order valence-corrected chi connectivity index (χ2v) is 6.38. The van der Waals surface area contributed by atoms with E-state index in [4.69, 9.17) is 0 Å². The molecule has 0 aliphatic rings. The third kappa shape index (κ3) is 6.11. The number of benzene rings is 1. The molecule has 0 saturated carbocycles. The number of nitrogens with zero attached hydrogens (tertiary/aromatic N) is 1. The fourth-order valence-corrected chi connectivity index (χ4v) is 2.08. The molecular formula is C15H17F6NO. The van der Waals surface area contributed by atoms with Crippen LogP contribution in [0.4, 0.5) is 26.3 Å². The lowest BCUT2D eigenvalue weighted by atomic mass is 9.95. The van der Waals surface area contributed by atoms with Crippen LogP contribution in [-0.4, -0.2) is 30.1 Å². The second-order valence-electron chi connectivity index (χ2n) is 6.38. The third-order valence-corrected chi connectivity index (χ3v) is 2.79. The van der Waals surface area contributed by atoms with Gasteiger partial charge in [0.15, 0.2) is 0 Å². The molecule has 23 heavy (non-hydrogen) atoms. The SMILES string of the molecule is CC(C)(C)CN(CC(F)(F)F)C(=O)c1ccccc1C(F)(F)F. The van der Waals surface area contributed by atoms with Crippen molar-refractivity contribution in [3.05, 3.63) is 35.4 Å². The highest BCUT2D eigenvalue weighted by atomic mass is 19.4. The number of carbonyl (C=O) groups is 1. The minimum atomic E-state index is -4.82. The molecule has 0 N–H and O–H groups in total. The molecule has 1 aromatic rings. The van der Waals surface area contributed by atoms with Crippen LogP contribution in [0.25, 0.3) is 0 Å². The Morgan fingerprint density at radius 1 is 0.957 bits per heavy atom. The predicted octanol–water partition coefficient (Wildman–Crippen LogP) is 4.76. The van der Waals surface area contributed by atoms with Gasteiger partial charge in [-0.05, 0) is 17.5 Å². The van der Waals surface area contributed by atoms with E-state index in [1.54, 1.807) is 20.8 Å². The van der Waals surface area contributed by atoms with Crippen molar-refractivity contribution in [1.82, 2.24) is 4.90 Å². The van der Waals surface area contributed by atoms with Crippen molar-refractivity contribution in [2.24, 2.45) is 5.41 Å². The van der Waals surface area contributed by atoms with Crippen LogP contribution in [-0.2, 0) is 6.18 Å². The summed E-state index contributed by atoms with van der Waals surface area (Å²) in [6, 6.07) is 3.83. The van der Waals surface area contributed by atoms with Crippen molar-refractivity contribution in [2.75, 3.05) is 13.1 Å².